The van der Waals surface area contributed by atoms with Crippen LogP contribution in [0, 0.1) is 6.92 Å². The third-order valence-corrected chi connectivity index (χ3v) is 3.20. The maximum Gasteiger partial charge on any atom is 0.257 e. The van der Waals surface area contributed by atoms with Gasteiger partial charge in [-0.1, -0.05) is 23.2 Å². The van der Waals surface area contributed by atoms with Crippen molar-refractivity contribution in [3.05, 3.63) is 33.9 Å². The van der Waals surface area contributed by atoms with Crippen LogP contribution in [0.15, 0.2) is 18.2 Å². The Morgan fingerprint density at radius 1 is 1.37 bits per heavy atom. The van der Waals surface area contributed by atoms with Crippen LogP contribution in [0.4, 0.5) is 0 Å². The number of nitrogens with one attached hydrogen (secondary N) is 1. The van der Waals surface area contributed by atoms with E-state index in [0.717, 1.165) is 11.1 Å². The van der Waals surface area contributed by atoms with Gasteiger partial charge in [0.05, 0.1) is 10.0 Å². The molecule has 0 aliphatic heterocycles. The van der Waals surface area contributed by atoms with E-state index in [2.05, 4.69) is 10.3 Å². The second-order valence-corrected chi connectivity index (χ2v) is 4.79. The molecule has 0 aliphatic rings. The smallest absolute Gasteiger partial charge is 0.257 e. The number of aryl methyl sites for hydroxylation is 1. The fourth-order valence-corrected chi connectivity index (χ4v) is 2.21. The fourth-order valence-electron chi connectivity index (χ4n) is 1.64. The number of benzene rings is 1. The summed E-state index contributed by atoms with van der Waals surface area (Å²) in [6.07, 6.45) is 0. The molecule has 0 fully saturated rings. The lowest BCUT2D eigenvalue weighted by Gasteiger charge is -2.11. The van der Waals surface area contributed by atoms with Crippen LogP contribution in [-0.4, -0.2) is 24.5 Å². The number of carbonyl (C=O) groups is 1. The molecule has 100 valence electrons. The van der Waals surface area contributed by atoms with Crippen LogP contribution >= 0.6 is 23.2 Å². The third-order valence-electron chi connectivity index (χ3n) is 2.60. The summed E-state index contributed by atoms with van der Waals surface area (Å²) in [7, 11) is 1.54. The summed E-state index contributed by atoms with van der Waals surface area (Å²) in [6, 6.07) is 5.29. The molecule has 1 amide bonds. The monoisotopic (exact) mass is 298 g/mol. The molecular formula is C13H12Cl2N2O2. The SMILES string of the molecule is CNC(=O)COc1c(Cl)cc(Cl)c2ccc(C)nc12. The molecule has 1 aromatic heterocycles. The predicted octanol–water partition coefficient (Wildman–Crippen LogP) is 2.97. The van der Waals surface area contributed by atoms with Gasteiger partial charge < -0.3 is 10.1 Å². The van der Waals surface area contributed by atoms with Crippen molar-refractivity contribution in [2.45, 2.75) is 6.92 Å². The fraction of sp³-hybridized carbons (Fsp3) is 0.231. The van der Waals surface area contributed by atoms with Gasteiger partial charge in [-0.05, 0) is 25.1 Å². The Morgan fingerprint density at radius 3 is 2.79 bits per heavy atom. The van der Waals surface area contributed by atoms with Crippen LogP contribution in [0.5, 0.6) is 5.75 Å². The minimum Gasteiger partial charge on any atom is -0.480 e. The van der Waals surface area contributed by atoms with E-state index < -0.39 is 0 Å². The largest absolute Gasteiger partial charge is 0.480 e. The molecule has 1 N–H and O–H groups in total. The highest BCUT2D eigenvalue weighted by Crippen LogP contribution is 2.37. The Balaban J connectivity index is 2.52. The molecule has 0 unspecified atom stereocenters. The molecule has 0 radical (unpaired) electrons. The van der Waals surface area contributed by atoms with Gasteiger partial charge in [-0.3, -0.25) is 4.79 Å². The van der Waals surface area contributed by atoms with Crippen molar-refractivity contribution in [2.24, 2.45) is 0 Å². The summed E-state index contributed by atoms with van der Waals surface area (Å²) in [5.41, 5.74) is 1.37. The van der Waals surface area contributed by atoms with E-state index in [-0.39, 0.29) is 12.5 Å². The van der Waals surface area contributed by atoms with Crippen LogP contribution in [0.1, 0.15) is 5.69 Å². The number of nitrogens with zero attached hydrogens (tertiary/aromatic N) is 1. The van der Waals surface area contributed by atoms with Gasteiger partial charge in [0.25, 0.3) is 5.91 Å². The molecule has 19 heavy (non-hydrogen) atoms. The number of hydrogen-bond acceptors (Lipinski definition) is 3. The van der Waals surface area contributed by atoms with E-state index in [0.29, 0.717) is 21.3 Å². The number of amides is 1. The maximum atomic E-state index is 11.2. The van der Waals surface area contributed by atoms with E-state index in [1.54, 1.807) is 6.07 Å². The standard InChI is InChI=1S/C13H12Cl2N2O2/c1-7-3-4-8-9(14)5-10(15)13(12(8)17-7)19-6-11(18)16-2/h3-5H,6H2,1-2H3,(H,16,18). The number of likely N-dealkylation sites (N-methyl/N-ethyl adjacent to an activating group) is 1. The molecule has 0 atom stereocenters. The summed E-state index contributed by atoms with van der Waals surface area (Å²) in [5, 5.41) is 4.04. The highest BCUT2D eigenvalue weighted by atomic mass is 35.5. The van der Waals surface area contributed by atoms with Gasteiger partial charge in [0, 0.05) is 18.1 Å². The van der Waals surface area contributed by atoms with Crippen molar-refractivity contribution < 1.29 is 9.53 Å². The number of aromatic nitrogens is 1. The summed E-state index contributed by atoms with van der Waals surface area (Å²) in [6.45, 7) is 1.74. The highest BCUT2D eigenvalue weighted by molar-refractivity contribution is 6.39. The second-order valence-electron chi connectivity index (χ2n) is 3.98. The van der Waals surface area contributed by atoms with Crippen LogP contribution in [0.3, 0.4) is 0 Å². The average Bonchev–Trinajstić information content (AvgIpc) is 2.37. The van der Waals surface area contributed by atoms with Gasteiger partial charge in [0.1, 0.15) is 5.52 Å². The minimum absolute atomic E-state index is 0.122. The first-order valence-corrected chi connectivity index (χ1v) is 6.37. The number of pyridine rings is 1. The van der Waals surface area contributed by atoms with Crippen molar-refractivity contribution in [2.75, 3.05) is 13.7 Å². The van der Waals surface area contributed by atoms with Crippen molar-refractivity contribution in [3.63, 3.8) is 0 Å². The lowest BCUT2D eigenvalue weighted by Crippen LogP contribution is -2.25. The summed E-state index contributed by atoms with van der Waals surface area (Å²) in [4.78, 5) is 15.6. The molecule has 1 heterocycles. The van der Waals surface area contributed by atoms with Gasteiger partial charge in [-0.2, -0.15) is 0 Å². The highest BCUT2D eigenvalue weighted by Gasteiger charge is 2.14. The number of rotatable bonds is 3. The van der Waals surface area contributed by atoms with Crippen molar-refractivity contribution in [1.29, 1.82) is 0 Å². The number of hydrogen-bond donors (Lipinski definition) is 1. The normalized spacial score (nSPS) is 10.5. The lowest BCUT2D eigenvalue weighted by molar-refractivity contribution is -0.122. The number of ether oxygens (including phenoxy) is 1. The quantitative estimate of drug-likeness (QED) is 0.948. The second kappa shape index (κ2) is 5.63. The molecule has 1 aromatic carbocycles. The molecule has 6 heteroatoms. The first-order valence-electron chi connectivity index (χ1n) is 5.61. The summed E-state index contributed by atoms with van der Waals surface area (Å²) < 4.78 is 5.45. The van der Waals surface area contributed by atoms with Crippen LogP contribution in [0.2, 0.25) is 10.0 Å². The molecule has 2 rings (SSSR count). The van der Waals surface area contributed by atoms with Crippen LogP contribution in [0.25, 0.3) is 10.9 Å². The molecule has 4 nitrogen and oxygen atoms in total. The van der Waals surface area contributed by atoms with Gasteiger partial charge in [-0.15, -0.1) is 0 Å². The van der Waals surface area contributed by atoms with Crippen LogP contribution < -0.4 is 10.1 Å². The molecular weight excluding hydrogens is 287 g/mol. The molecule has 0 bridgehead atoms. The topological polar surface area (TPSA) is 51.2 Å². The van der Waals surface area contributed by atoms with Crippen LogP contribution in [-0.2, 0) is 4.79 Å². The zero-order valence-corrected chi connectivity index (χ0v) is 12.0. The van der Waals surface area contributed by atoms with Crippen molar-refractivity contribution in [3.8, 4) is 5.75 Å². The maximum absolute atomic E-state index is 11.2. The van der Waals surface area contributed by atoms with Gasteiger partial charge in [0.15, 0.2) is 12.4 Å². The Bertz CT molecular complexity index is 644. The van der Waals surface area contributed by atoms with Crippen molar-refractivity contribution in [1.82, 2.24) is 10.3 Å². The number of carbonyl (C=O) groups excluding carboxylic acids is 1. The molecule has 0 aliphatic carbocycles. The summed E-state index contributed by atoms with van der Waals surface area (Å²) >= 11 is 12.2. The first-order chi connectivity index (χ1) is 9.02. The van der Waals surface area contributed by atoms with E-state index in [1.165, 1.54) is 7.05 Å². The van der Waals surface area contributed by atoms with Gasteiger partial charge in [0.2, 0.25) is 0 Å². The van der Waals surface area contributed by atoms with E-state index >= 15 is 0 Å². The first kappa shape index (κ1) is 13.9. The Morgan fingerprint density at radius 2 is 2.11 bits per heavy atom. The zero-order valence-electron chi connectivity index (χ0n) is 10.5. The van der Waals surface area contributed by atoms with E-state index in [4.69, 9.17) is 27.9 Å². The van der Waals surface area contributed by atoms with E-state index in [9.17, 15) is 4.79 Å². The zero-order chi connectivity index (χ0) is 14.0. The average molecular weight is 299 g/mol. The number of halogens is 2. The Hall–Kier alpha value is -1.52. The van der Waals surface area contributed by atoms with Gasteiger partial charge in [-0.25, -0.2) is 4.98 Å². The molecule has 0 saturated carbocycles. The lowest BCUT2D eigenvalue weighted by atomic mass is 10.2. The van der Waals surface area contributed by atoms with Crippen molar-refractivity contribution >= 4 is 40.0 Å². The molecule has 0 saturated heterocycles. The Kier molecular flexibility index (Phi) is 4.12. The van der Waals surface area contributed by atoms with E-state index in [1.807, 2.05) is 19.1 Å². The minimum atomic E-state index is -0.244. The molecule has 2 aromatic rings. The summed E-state index contributed by atoms with van der Waals surface area (Å²) in [5.74, 6) is 0.125. The van der Waals surface area contributed by atoms with Gasteiger partial charge >= 0.3 is 0 Å². The number of fused-ring (bicyclic) bond motifs is 1. The Labute approximate surface area is 120 Å². The third kappa shape index (κ3) is 2.91. The molecule has 0 spiro atoms. The predicted molar refractivity (Wildman–Crippen MR) is 76.1 cm³/mol.